The van der Waals surface area contributed by atoms with Crippen molar-refractivity contribution in [2.75, 3.05) is 13.1 Å². The Balaban J connectivity index is 1.97. The zero-order valence-electron chi connectivity index (χ0n) is 13.1. The summed E-state index contributed by atoms with van der Waals surface area (Å²) in [6, 6.07) is 11.1. The number of likely N-dealkylation sites (N-methyl/N-ethyl adjacent to an activating group) is 1. The normalized spacial score (nSPS) is 21.2. The molecule has 0 saturated carbocycles. The minimum atomic E-state index is 0.194. The largest absolute Gasteiger partial charge is 0.316 e. The second-order valence-electron chi connectivity index (χ2n) is 6.23. The van der Waals surface area contributed by atoms with E-state index in [0.717, 1.165) is 19.5 Å². The lowest BCUT2D eigenvalue weighted by molar-refractivity contribution is 0.335. The molecule has 1 unspecified atom stereocenters. The van der Waals surface area contributed by atoms with Crippen molar-refractivity contribution in [1.82, 2.24) is 15.1 Å². The molecule has 2 aromatic rings. The summed E-state index contributed by atoms with van der Waals surface area (Å²) in [7, 11) is 2.00. The minimum Gasteiger partial charge on any atom is -0.316 e. The number of benzene rings is 1. The van der Waals surface area contributed by atoms with Crippen molar-refractivity contribution in [2.45, 2.75) is 38.0 Å². The van der Waals surface area contributed by atoms with Crippen LogP contribution in [0.3, 0.4) is 0 Å². The zero-order chi connectivity index (χ0) is 14.7. The molecule has 3 heteroatoms. The van der Waals surface area contributed by atoms with Crippen LogP contribution in [-0.4, -0.2) is 22.9 Å². The number of fused-ring (bicyclic) bond motifs is 1. The summed E-state index contributed by atoms with van der Waals surface area (Å²) in [5, 5.41) is 8.21. The Labute approximate surface area is 127 Å². The number of aryl methyl sites for hydroxylation is 2. The lowest BCUT2D eigenvalue weighted by atomic mass is 9.67. The summed E-state index contributed by atoms with van der Waals surface area (Å²) >= 11 is 0. The first-order valence-corrected chi connectivity index (χ1v) is 8.01. The summed E-state index contributed by atoms with van der Waals surface area (Å²) < 4.78 is 1.91. The van der Waals surface area contributed by atoms with Gasteiger partial charge in [0.05, 0.1) is 5.69 Å². The van der Waals surface area contributed by atoms with Gasteiger partial charge >= 0.3 is 0 Å². The Hall–Kier alpha value is -1.61. The van der Waals surface area contributed by atoms with Crippen molar-refractivity contribution in [3.8, 4) is 0 Å². The van der Waals surface area contributed by atoms with Crippen molar-refractivity contribution < 1.29 is 0 Å². The van der Waals surface area contributed by atoms with Crippen LogP contribution in [0.5, 0.6) is 0 Å². The van der Waals surface area contributed by atoms with Crippen LogP contribution in [0.15, 0.2) is 36.5 Å². The molecule has 0 radical (unpaired) electrons. The standard InChI is InChI=1S/C18H25N3/c1-3-19-14-18(13-16-10-12-21(2)20-16)11-6-8-15-7-4-5-9-17(15)18/h4-5,7,9-10,12,19H,3,6,8,11,13-14H2,1-2H3. The highest BCUT2D eigenvalue weighted by atomic mass is 15.2. The molecule has 1 aliphatic rings. The summed E-state index contributed by atoms with van der Waals surface area (Å²) in [4.78, 5) is 0. The molecule has 0 fully saturated rings. The van der Waals surface area contributed by atoms with E-state index in [0.29, 0.717) is 0 Å². The van der Waals surface area contributed by atoms with E-state index >= 15 is 0 Å². The lowest BCUT2D eigenvalue weighted by Crippen LogP contribution is -2.43. The average molecular weight is 283 g/mol. The monoisotopic (exact) mass is 283 g/mol. The van der Waals surface area contributed by atoms with Gasteiger partial charge in [-0.25, -0.2) is 0 Å². The summed E-state index contributed by atoms with van der Waals surface area (Å²) in [5.74, 6) is 0. The maximum Gasteiger partial charge on any atom is 0.0633 e. The van der Waals surface area contributed by atoms with Gasteiger partial charge in [-0.3, -0.25) is 4.68 Å². The average Bonchev–Trinajstić information content (AvgIpc) is 2.91. The SMILES string of the molecule is CCNCC1(Cc2ccn(C)n2)CCCc2ccccc21. The van der Waals surface area contributed by atoms with E-state index in [2.05, 4.69) is 47.7 Å². The highest BCUT2D eigenvalue weighted by Crippen LogP contribution is 2.39. The maximum absolute atomic E-state index is 4.62. The molecule has 3 rings (SSSR count). The third-order valence-corrected chi connectivity index (χ3v) is 4.69. The van der Waals surface area contributed by atoms with Crippen LogP contribution in [0.2, 0.25) is 0 Å². The van der Waals surface area contributed by atoms with Gasteiger partial charge < -0.3 is 5.32 Å². The number of nitrogens with one attached hydrogen (secondary N) is 1. The molecule has 0 aliphatic heterocycles. The van der Waals surface area contributed by atoms with E-state index < -0.39 is 0 Å². The van der Waals surface area contributed by atoms with Gasteiger partial charge in [-0.1, -0.05) is 31.2 Å². The first kappa shape index (κ1) is 14.3. The molecule has 1 aromatic carbocycles. The Kier molecular flexibility index (Phi) is 4.11. The molecule has 3 nitrogen and oxygen atoms in total. The van der Waals surface area contributed by atoms with Crippen LogP contribution in [0, 0.1) is 0 Å². The molecule has 112 valence electrons. The van der Waals surface area contributed by atoms with Gasteiger partial charge in [0.1, 0.15) is 0 Å². The number of nitrogens with zero attached hydrogens (tertiary/aromatic N) is 2. The Morgan fingerprint density at radius 3 is 2.90 bits per heavy atom. The van der Waals surface area contributed by atoms with E-state index in [1.54, 1.807) is 0 Å². The molecule has 1 aromatic heterocycles. The van der Waals surface area contributed by atoms with E-state index in [-0.39, 0.29) is 5.41 Å². The maximum atomic E-state index is 4.62. The predicted octanol–water partition coefficient (Wildman–Crippen LogP) is 2.85. The molecule has 0 amide bonds. The second kappa shape index (κ2) is 6.02. The molecular weight excluding hydrogens is 258 g/mol. The number of hydrogen-bond acceptors (Lipinski definition) is 2. The second-order valence-corrected chi connectivity index (χ2v) is 6.23. The number of hydrogen-bond donors (Lipinski definition) is 1. The van der Waals surface area contributed by atoms with Crippen LogP contribution in [0.25, 0.3) is 0 Å². The van der Waals surface area contributed by atoms with E-state index in [1.807, 2.05) is 17.9 Å². The van der Waals surface area contributed by atoms with Crippen molar-refractivity contribution in [1.29, 1.82) is 0 Å². The van der Waals surface area contributed by atoms with Gasteiger partial charge in [-0.2, -0.15) is 5.10 Å². The molecule has 1 heterocycles. The predicted molar refractivity (Wildman–Crippen MR) is 86.5 cm³/mol. The van der Waals surface area contributed by atoms with Crippen LogP contribution in [0.1, 0.15) is 36.6 Å². The molecular formula is C18H25N3. The molecule has 0 bridgehead atoms. The lowest BCUT2D eigenvalue weighted by Gasteiger charge is -2.39. The van der Waals surface area contributed by atoms with Crippen LogP contribution in [-0.2, 0) is 25.3 Å². The topological polar surface area (TPSA) is 29.9 Å². The third-order valence-electron chi connectivity index (χ3n) is 4.69. The zero-order valence-corrected chi connectivity index (χ0v) is 13.1. The van der Waals surface area contributed by atoms with E-state index in [9.17, 15) is 0 Å². The highest BCUT2D eigenvalue weighted by Gasteiger charge is 2.36. The third kappa shape index (κ3) is 2.88. The Bertz CT molecular complexity index is 602. The Morgan fingerprint density at radius 1 is 1.29 bits per heavy atom. The van der Waals surface area contributed by atoms with Crippen molar-refractivity contribution >= 4 is 0 Å². The van der Waals surface area contributed by atoms with Crippen molar-refractivity contribution in [3.63, 3.8) is 0 Å². The smallest absolute Gasteiger partial charge is 0.0633 e. The molecule has 1 atom stereocenters. The van der Waals surface area contributed by atoms with Crippen LogP contribution < -0.4 is 5.32 Å². The fourth-order valence-corrected chi connectivity index (χ4v) is 3.71. The van der Waals surface area contributed by atoms with E-state index in [1.165, 1.54) is 36.1 Å². The van der Waals surface area contributed by atoms with Gasteiger partial charge in [-0.05, 0) is 43.0 Å². The molecule has 1 aliphatic carbocycles. The van der Waals surface area contributed by atoms with Gasteiger partial charge in [0, 0.05) is 31.6 Å². The van der Waals surface area contributed by atoms with Gasteiger partial charge in [0.2, 0.25) is 0 Å². The van der Waals surface area contributed by atoms with Gasteiger partial charge in [0.15, 0.2) is 0 Å². The van der Waals surface area contributed by atoms with Crippen molar-refractivity contribution in [2.24, 2.45) is 7.05 Å². The van der Waals surface area contributed by atoms with Gasteiger partial charge in [0.25, 0.3) is 0 Å². The van der Waals surface area contributed by atoms with Gasteiger partial charge in [-0.15, -0.1) is 0 Å². The van der Waals surface area contributed by atoms with Crippen molar-refractivity contribution in [3.05, 3.63) is 53.3 Å². The molecule has 1 N–H and O–H groups in total. The fraction of sp³-hybridized carbons (Fsp3) is 0.500. The molecule has 0 spiro atoms. The highest BCUT2D eigenvalue weighted by molar-refractivity contribution is 5.38. The van der Waals surface area contributed by atoms with Crippen LogP contribution in [0.4, 0.5) is 0 Å². The Morgan fingerprint density at radius 2 is 2.14 bits per heavy atom. The number of aromatic nitrogens is 2. The first-order chi connectivity index (χ1) is 10.2. The number of rotatable bonds is 5. The first-order valence-electron chi connectivity index (χ1n) is 8.01. The fourth-order valence-electron chi connectivity index (χ4n) is 3.71. The van der Waals surface area contributed by atoms with Crippen LogP contribution >= 0.6 is 0 Å². The summed E-state index contributed by atoms with van der Waals surface area (Å²) in [6.07, 6.45) is 6.80. The summed E-state index contributed by atoms with van der Waals surface area (Å²) in [6.45, 7) is 4.24. The molecule has 0 saturated heterocycles. The van der Waals surface area contributed by atoms with E-state index in [4.69, 9.17) is 0 Å². The quantitative estimate of drug-likeness (QED) is 0.914. The minimum absolute atomic E-state index is 0.194. The molecule has 21 heavy (non-hydrogen) atoms. The summed E-state index contributed by atoms with van der Waals surface area (Å²) in [5.41, 5.74) is 4.45.